The van der Waals surface area contributed by atoms with Gasteiger partial charge in [-0.05, 0) is 17.7 Å². The molecule has 2 heterocycles. The third kappa shape index (κ3) is 3.21. The first kappa shape index (κ1) is 17.1. The molecule has 4 rings (SSSR count). The molecular formula is C18H12N7O3-. The van der Waals surface area contributed by atoms with Crippen molar-refractivity contribution in [2.45, 2.75) is 0 Å². The molecule has 0 aliphatic carbocycles. The Labute approximate surface area is 158 Å². The lowest BCUT2D eigenvalue weighted by Crippen LogP contribution is -2.01. The highest BCUT2D eigenvalue weighted by Gasteiger charge is 2.10. The largest absolute Gasteiger partial charge is 0.872 e. The van der Waals surface area contributed by atoms with Crippen molar-refractivity contribution in [2.75, 3.05) is 5.43 Å². The summed E-state index contributed by atoms with van der Waals surface area (Å²) in [6, 6.07) is 12.9. The van der Waals surface area contributed by atoms with Crippen molar-refractivity contribution in [3.8, 4) is 11.4 Å². The number of fused-ring (bicyclic) bond motifs is 1. The molecule has 0 radical (unpaired) electrons. The molecule has 2 aromatic heterocycles. The molecule has 0 amide bonds. The van der Waals surface area contributed by atoms with Crippen molar-refractivity contribution >= 4 is 28.8 Å². The SMILES string of the molecule is O=[N+]([O-])c1ccc([O-])c(/C=N\Nc2ncnc3c2cnn3-c2ccccc2)c1. The zero-order valence-corrected chi connectivity index (χ0v) is 14.3. The second kappa shape index (κ2) is 7.11. The maximum Gasteiger partial charge on any atom is 0.270 e. The monoisotopic (exact) mass is 374 g/mol. The molecule has 1 N–H and O–H groups in total. The summed E-state index contributed by atoms with van der Waals surface area (Å²) >= 11 is 0. The molecule has 10 nitrogen and oxygen atoms in total. The van der Waals surface area contributed by atoms with Crippen LogP contribution < -0.4 is 10.5 Å². The highest BCUT2D eigenvalue weighted by Crippen LogP contribution is 2.22. The number of aromatic nitrogens is 4. The van der Waals surface area contributed by atoms with Crippen molar-refractivity contribution in [1.82, 2.24) is 19.7 Å². The average molecular weight is 374 g/mol. The molecule has 0 spiro atoms. The van der Waals surface area contributed by atoms with E-state index >= 15 is 0 Å². The molecule has 0 aliphatic heterocycles. The van der Waals surface area contributed by atoms with Crippen LogP contribution in [0.2, 0.25) is 0 Å². The Morgan fingerprint density at radius 3 is 2.75 bits per heavy atom. The standard InChI is InChI=1S/C18H13N7O3/c26-16-7-6-14(25(27)28)8-12(16)9-21-23-17-15-10-22-24(18(15)20-11-19-17)13-4-2-1-3-5-13/h1-11,26H,(H,19,20,23)/p-1/b21-9-. The first-order chi connectivity index (χ1) is 13.6. The summed E-state index contributed by atoms with van der Waals surface area (Å²) in [5.41, 5.74) is 4.07. The maximum atomic E-state index is 11.8. The number of nitrogens with zero attached hydrogens (tertiary/aromatic N) is 6. The topological polar surface area (TPSA) is 134 Å². The molecule has 0 saturated carbocycles. The second-order valence-electron chi connectivity index (χ2n) is 5.70. The zero-order valence-electron chi connectivity index (χ0n) is 14.3. The van der Waals surface area contributed by atoms with Crippen molar-refractivity contribution in [2.24, 2.45) is 5.10 Å². The van der Waals surface area contributed by atoms with E-state index < -0.39 is 4.92 Å². The number of non-ortho nitro benzene ring substituents is 1. The summed E-state index contributed by atoms with van der Waals surface area (Å²) in [6.07, 6.45) is 4.19. The van der Waals surface area contributed by atoms with Gasteiger partial charge in [0.05, 0.1) is 28.4 Å². The van der Waals surface area contributed by atoms with E-state index in [4.69, 9.17) is 0 Å². The number of nitrogens with one attached hydrogen (secondary N) is 1. The Balaban J connectivity index is 1.63. The van der Waals surface area contributed by atoms with Gasteiger partial charge in [-0.2, -0.15) is 10.2 Å². The van der Waals surface area contributed by atoms with E-state index in [1.54, 1.807) is 10.9 Å². The lowest BCUT2D eigenvalue weighted by molar-refractivity contribution is -0.385. The number of rotatable bonds is 5. The van der Waals surface area contributed by atoms with Crippen LogP contribution in [0.3, 0.4) is 0 Å². The lowest BCUT2D eigenvalue weighted by atomic mass is 10.2. The van der Waals surface area contributed by atoms with Crippen LogP contribution in [0.1, 0.15) is 5.56 Å². The highest BCUT2D eigenvalue weighted by molar-refractivity contribution is 5.89. The molecule has 0 saturated heterocycles. The minimum atomic E-state index is -0.573. The number of hydrazone groups is 1. The van der Waals surface area contributed by atoms with Crippen LogP contribution in [0.5, 0.6) is 5.75 Å². The fourth-order valence-corrected chi connectivity index (χ4v) is 2.60. The summed E-state index contributed by atoms with van der Waals surface area (Å²) in [4.78, 5) is 18.7. The summed E-state index contributed by atoms with van der Waals surface area (Å²) in [6.45, 7) is 0. The molecule has 0 bridgehead atoms. The van der Waals surface area contributed by atoms with Crippen molar-refractivity contribution in [3.63, 3.8) is 0 Å². The van der Waals surface area contributed by atoms with Gasteiger partial charge in [0, 0.05) is 12.1 Å². The van der Waals surface area contributed by atoms with Gasteiger partial charge in [-0.25, -0.2) is 14.6 Å². The summed E-state index contributed by atoms with van der Waals surface area (Å²) in [5, 5.41) is 31.6. The van der Waals surface area contributed by atoms with E-state index in [0.717, 1.165) is 23.9 Å². The van der Waals surface area contributed by atoms with E-state index in [1.807, 2.05) is 30.3 Å². The van der Waals surface area contributed by atoms with Crippen LogP contribution in [0.4, 0.5) is 11.5 Å². The van der Waals surface area contributed by atoms with Gasteiger partial charge in [-0.3, -0.25) is 15.5 Å². The van der Waals surface area contributed by atoms with Crippen LogP contribution in [-0.4, -0.2) is 30.9 Å². The molecule has 0 aliphatic rings. The molecular weight excluding hydrogens is 362 g/mol. The zero-order chi connectivity index (χ0) is 19.5. The van der Waals surface area contributed by atoms with Gasteiger partial charge in [0.15, 0.2) is 11.5 Å². The van der Waals surface area contributed by atoms with Crippen LogP contribution in [0.25, 0.3) is 16.7 Å². The van der Waals surface area contributed by atoms with Gasteiger partial charge in [-0.15, -0.1) is 0 Å². The molecule has 0 fully saturated rings. The van der Waals surface area contributed by atoms with E-state index in [9.17, 15) is 15.2 Å². The smallest absolute Gasteiger partial charge is 0.270 e. The van der Waals surface area contributed by atoms with Gasteiger partial charge in [-0.1, -0.05) is 30.0 Å². The number of hydrogen-bond donors (Lipinski definition) is 1. The Morgan fingerprint density at radius 2 is 1.96 bits per heavy atom. The first-order valence-corrected chi connectivity index (χ1v) is 8.12. The number of hydrogen-bond acceptors (Lipinski definition) is 8. The van der Waals surface area contributed by atoms with E-state index in [-0.39, 0.29) is 17.0 Å². The van der Waals surface area contributed by atoms with Crippen LogP contribution >= 0.6 is 0 Å². The molecule has 138 valence electrons. The molecule has 4 aromatic rings. The second-order valence-corrected chi connectivity index (χ2v) is 5.70. The minimum Gasteiger partial charge on any atom is -0.872 e. The van der Waals surface area contributed by atoms with Gasteiger partial charge >= 0.3 is 0 Å². The first-order valence-electron chi connectivity index (χ1n) is 8.12. The predicted octanol–water partition coefficient (Wildman–Crippen LogP) is 2.24. The maximum absolute atomic E-state index is 11.8. The van der Waals surface area contributed by atoms with E-state index in [2.05, 4.69) is 25.6 Å². The predicted molar refractivity (Wildman–Crippen MR) is 100 cm³/mol. The van der Waals surface area contributed by atoms with E-state index in [1.165, 1.54) is 12.5 Å². The van der Waals surface area contributed by atoms with Crippen LogP contribution in [0, 0.1) is 10.1 Å². The molecule has 0 unspecified atom stereocenters. The van der Waals surface area contributed by atoms with Crippen LogP contribution in [0.15, 0.2) is 66.2 Å². The minimum absolute atomic E-state index is 0.0898. The number of para-hydroxylation sites is 1. The third-order valence-electron chi connectivity index (χ3n) is 3.94. The highest BCUT2D eigenvalue weighted by atomic mass is 16.6. The summed E-state index contributed by atoms with van der Waals surface area (Å²) in [7, 11) is 0. The van der Waals surface area contributed by atoms with Gasteiger partial charge < -0.3 is 5.11 Å². The number of nitro benzene ring substituents is 1. The van der Waals surface area contributed by atoms with Crippen molar-refractivity contribution in [1.29, 1.82) is 0 Å². The van der Waals surface area contributed by atoms with Crippen molar-refractivity contribution < 1.29 is 10.0 Å². The average Bonchev–Trinajstić information content (AvgIpc) is 3.15. The molecule has 28 heavy (non-hydrogen) atoms. The fourth-order valence-electron chi connectivity index (χ4n) is 2.60. The molecule has 2 aromatic carbocycles. The van der Waals surface area contributed by atoms with Gasteiger partial charge in [0.2, 0.25) is 0 Å². The number of nitro groups is 1. The molecule has 0 atom stereocenters. The van der Waals surface area contributed by atoms with E-state index in [0.29, 0.717) is 16.9 Å². The van der Waals surface area contributed by atoms with Gasteiger partial charge in [0.25, 0.3) is 5.69 Å². The quantitative estimate of drug-likeness (QED) is 0.321. The van der Waals surface area contributed by atoms with Crippen LogP contribution in [-0.2, 0) is 0 Å². The summed E-state index contributed by atoms with van der Waals surface area (Å²) in [5.74, 6) is 0.0159. The Hall–Kier alpha value is -4.34. The summed E-state index contributed by atoms with van der Waals surface area (Å²) < 4.78 is 1.67. The van der Waals surface area contributed by atoms with Gasteiger partial charge in [0.1, 0.15) is 6.33 Å². The molecule has 10 heteroatoms. The number of anilines is 1. The normalized spacial score (nSPS) is 11.1. The van der Waals surface area contributed by atoms with Crippen molar-refractivity contribution in [3.05, 3.63) is 76.7 Å². The third-order valence-corrected chi connectivity index (χ3v) is 3.94. The number of benzene rings is 2. The fraction of sp³-hybridized carbons (Fsp3) is 0. The Bertz CT molecular complexity index is 1190. The Morgan fingerprint density at radius 1 is 1.14 bits per heavy atom. The Kier molecular flexibility index (Phi) is 4.34. The lowest BCUT2D eigenvalue weighted by Gasteiger charge is -2.08.